The van der Waals surface area contributed by atoms with Crippen LogP contribution in [0.3, 0.4) is 0 Å². The van der Waals surface area contributed by atoms with Gasteiger partial charge in [-0.2, -0.15) is 8.78 Å². The Hall–Kier alpha value is -0.740. The maximum Gasteiger partial charge on any atom is 0.387 e. The second-order valence-electron chi connectivity index (χ2n) is 4.32. The third-order valence-corrected chi connectivity index (χ3v) is 3.16. The molecule has 0 spiro atoms. The SMILES string of the molecule is CC(C)C(C)Nc1cc(Cl)c(OC(F)F)c(Cl)c1. The highest BCUT2D eigenvalue weighted by Crippen LogP contribution is 2.37. The Bertz CT molecular complexity index is 390. The lowest BCUT2D eigenvalue weighted by Gasteiger charge is -2.20. The second-order valence-corrected chi connectivity index (χ2v) is 5.14. The third kappa shape index (κ3) is 4.18. The van der Waals surface area contributed by atoms with Crippen molar-refractivity contribution in [1.29, 1.82) is 0 Å². The molecule has 2 nitrogen and oxygen atoms in total. The van der Waals surface area contributed by atoms with E-state index in [0.717, 1.165) is 0 Å². The fourth-order valence-electron chi connectivity index (χ4n) is 1.27. The summed E-state index contributed by atoms with van der Waals surface area (Å²) in [6.07, 6.45) is 0. The van der Waals surface area contributed by atoms with Crippen molar-refractivity contribution in [2.45, 2.75) is 33.4 Å². The van der Waals surface area contributed by atoms with E-state index in [1.54, 1.807) is 0 Å². The van der Waals surface area contributed by atoms with E-state index in [2.05, 4.69) is 23.9 Å². The lowest BCUT2D eigenvalue weighted by atomic mass is 10.1. The van der Waals surface area contributed by atoms with E-state index >= 15 is 0 Å². The Morgan fingerprint density at radius 1 is 1.11 bits per heavy atom. The average molecular weight is 298 g/mol. The standard InChI is InChI=1S/C12H15Cl2F2NO/c1-6(2)7(3)17-8-4-9(13)11(10(14)5-8)18-12(15)16/h4-7,12,17H,1-3H3. The molecule has 0 amide bonds. The molecule has 0 saturated heterocycles. The molecule has 0 aliphatic rings. The normalized spacial score (nSPS) is 12.9. The van der Waals surface area contributed by atoms with Gasteiger partial charge < -0.3 is 10.1 Å². The highest BCUT2D eigenvalue weighted by atomic mass is 35.5. The molecule has 0 bridgehead atoms. The summed E-state index contributed by atoms with van der Waals surface area (Å²) in [4.78, 5) is 0. The van der Waals surface area contributed by atoms with E-state index in [9.17, 15) is 8.78 Å². The number of benzene rings is 1. The molecule has 1 aromatic carbocycles. The van der Waals surface area contributed by atoms with Crippen LogP contribution >= 0.6 is 23.2 Å². The summed E-state index contributed by atoms with van der Waals surface area (Å²) in [6.45, 7) is 3.19. The van der Waals surface area contributed by atoms with Crippen molar-refractivity contribution in [1.82, 2.24) is 0 Å². The minimum Gasteiger partial charge on any atom is -0.432 e. The zero-order chi connectivity index (χ0) is 13.9. The summed E-state index contributed by atoms with van der Waals surface area (Å²) in [5.41, 5.74) is 0.674. The first-order chi connectivity index (χ1) is 8.31. The lowest BCUT2D eigenvalue weighted by molar-refractivity contribution is -0.0497. The smallest absolute Gasteiger partial charge is 0.387 e. The van der Waals surface area contributed by atoms with Crippen LogP contribution in [0.1, 0.15) is 20.8 Å². The minimum absolute atomic E-state index is 0.0567. The highest BCUT2D eigenvalue weighted by molar-refractivity contribution is 6.37. The summed E-state index contributed by atoms with van der Waals surface area (Å²) in [6, 6.07) is 3.24. The molecule has 1 N–H and O–H groups in total. The summed E-state index contributed by atoms with van der Waals surface area (Å²) in [5.74, 6) is 0.218. The van der Waals surface area contributed by atoms with Gasteiger partial charge in [-0.1, -0.05) is 37.0 Å². The molecule has 0 saturated carbocycles. The third-order valence-electron chi connectivity index (χ3n) is 2.60. The van der Waals surface area contributed by atoms with Crippen LogP contribution in [0, 0.1) is 5.92 Å². The Balaban J connectivity index is 2.92. The number of hydrogen-bond donors (Lipinski definition) is 1. The van der Waals surface area contributed by atoms with Crippen molar-refractivity contribution < 1.29 is 13.5 Å². The predicted octanol–water partition coefficient (Wildman–Crippen LogP) is 5.05. The van der Waals surface area contributed by atoms with E-state index in [1.165, 1.54) is 12.1 Å². The van der Waals surface area contributed by atoms with Gasteiger partial charge in [0.25, 0.3) is 0 Å². The Morgan fingerprint density at radius 3 is 2.00 bits per heavy atom. The van der Waals surface area contributed by atoms with Crippen molar-refractivity contribution in [2.24, 2.45) is 5.92 Å². The van der Waals surface area contributed by atoms with E-state index in [-0.39, 0.29) is 21.8 Å². The molecule has 0 aliphatic carbocycles. The van der Waals surface area contributed by atoms with Gasteiger partial charge in [0.05, 0.1) is 10.0 Å². The molecule has 1 rings (SSSR count). The zero-order valence-corrected chi connectivity index (χ0v) is 11.8. The molecule has 1 atom stereocenters. The van der Waals surface area contributed by atoms with Crippen molar-refractivity contribution >= 4 is 28.9 Å². The van der Waals surface area contributed by atoms with Crippen LogP contribution in [0.4, 0.5) is 14.5 Å². The lowest BCUT2D eigenvalue weighted by Crippen LogP contribution is -2.21. The monoisotopic (exact) mass is 297 g/mol. The molecular weight excluding hydrogens is 283 g/mol. The van der Waals surface area contributed by atoms with E-state index < -0.39 is 6.61 Å². The first-order valence-corrected chi connectivity index (χ1v) is 6.27. The summed E-state index contributed by atoms with van der Waals surface area (Å²) in [7, 11) is 0. The van der Waals surface area contributed by atoms with Gasteiger partial charge in [-0.25, -0.2) is 0 Å². The van der Waals surface area contributed by atoms with E-state index in [1.807, 2.05) is 6.92 Å². The predicted molar refractivity (Wildman–Crippen MR) is 71.0 cm³/mol. The number of ether oxygens (including phenoxy) is 1. The van der Waals surface area contributed by atoms with E-state index in [4.69, 9.17) is 23.2 Å². The van der Waals surface area contributed by atoms with Crippen LogP contribution in [0.15, 0.2) is 12.1 Å². The molecule has 102 valence electrons. The largest absolute Gasteiger partial charge is 0.432 e. The molecule has 1 unspecified atom stereocenters. The molecule has 18 heavy (non-hydrogen) atoms. The summed E-state index contributed by atoms with van der Waals surface area (Å²) < 4.78 is 28.5. The van der Waals surface area contributed by atoms with E-state index in [0.29, 0.717) is 11.6 Å². The van der Waals surface area contributed by atoms with Gasteiger partial charge in [-0.3, -0.25) is 0 Å². The molecule has 6 heteroatoms. The number of halogens is 4. The Kier molecular flexibility index (Phi) is 5.47. The number of anilines is 1. The first kappa shape index (κ1) is 15.3. The number of hydrogen-bond acceptors (Lipinski definition) is 2. The molecule has 0 heterocycles. The fourth-order valence-corrected chi connectivity index (χ4v) is 1.85. The quantitative estimate of drug-likeness (QED) is 0.821. The number of rotatable bonds is 5. The van der Waals surface area contributed by atoms with Gasteiger partial charge in [0, 0.05) is 11.7 Å². The molecular formula is C12H15Cl2F2NO. The average Bonchev–Trinajstić information content (AvgIpc) is 2.23. The summed E-state index contributed by atoms with van der Waals surface area (Å²) >= 11 is 11.7. The van der Waals surface area contributed by atoms with Crippen LogP contribution < -0.4 is 10.1 Å². The summed E-state index contributed by atoms with van der Waals surface area (Å²) in [5, 5.41) is 3.31. The number of alkyl halides is 2. The molecule has 0 aliphatic heterocycles. The van der Waals surface area contributed by atoms with Crippen LogP contribution in [0.2, 0.25) is 10.0 Å². The van der Waals surface area contributed by atoms with Gasteiger partial charge in [0.15, 0.2) is 5.75 Å². The van der Waals surface area contributed by atoms with Crippen molar-refractivity contribution in [3.63, 3.8) is 0 Å². The van der Waals surface area contributed by atoms with Gasteiger partial charge in [-0.05, 0) is 25.0 Å². The van der Waals surface area contributed by atoms with Gasteiger partial charge in [0.2, 0.25) is 0 Å². The molecule has 1 aromatic rings. The van der Waals surface area contributed by atoms with Crippen LogP contribution in [0.25, 0.3) is 0 Å². The van der Waals surface area contributed by atoms with Crippen molar-refractivity contribution in [3.8, 4) is 5.75 Å². The van der Waals surface area contributed by atoms with Gasteiger partial charge in [-0.15, -0.1) is 0 Å². The maximum atomic E-state index is 12.1. The molecule has 0 radical (unpaired) electrons. The fraction of sp³-hybridized carbons (Fsp3) is 0.500. The van der Waals surface area contributed by atoms with Gasteiger partial charge in [0.1, 0.15) is 0 Å². The molecule has 0 fully saturated rings. The first-order valence-electron chi connectivity index (χ1n) is 5.51. The topological polar surface area (TPSA) is 21.3 Å². The second kappa shape index (κ2) is 6.43. The van der Waals surface area contributed by atoms with Crippen LogP contribution in [0.5, 0.6) is 5.75 Å². The van der Waals surface area contributed by atoms with Crippen LogP contribution in [-0.2, 0) is 0 Å². The number of nitrogens with one attached hydrogen (secondary N) is 1. The Labute approximate surface area is 115 Å². The molecule has 0 aromatic heterocycles. The zero-order valence-electron chi connectivity index (χ0n) is 10.3. The Morgan fingerprint density at radius 2 is 1.61 bits per heavy atom. The minimum atomic E-state index is -2.95. The maximum absolute atomic E-state index is 12.1. The van der Waals surface area contributed by atoms with Crippen molar-refractivity contribution in [3.05, 3.63) is 22.2 Å². The van der Waals surface area contributed by atoms with Crippen LogP contribution in [-0.4, -0.2) is 12.7 Å². The van der Waals surface area contributed by atoms with Crippen molar-refractivity contribution in [2.75, 3.05) is 5.32 Å². The highest BCUT2D eigenvalue weighted by Gasteiger charge is 2.15. The van der Waals surface area contributed by atoms with Gasteiger partial charge >= 0.3 is 6.61 Å².